The molecule has 1 atom stereocenters. The Bertz CT molecular complexity index is 254. The summed E-state index contributed by atoms with van der Waals surface area (Å²) in [6.45, 7) is 2.51. The van der Waals surface area contributed by atoms with Crippen molar-refractivity contribution in [2.24, 2.45) is 11.7 Å². The summed E-state index contributed by atoms with van der Waals surface area (Å²) in [5.74, 6) is 0.443. The van der Waals surface area contributed by atoms with Crippen LogP contribution >= 0.6 is 12.4 Å². The van der Waals surface area contributed by atoms with E-state index in [0.29, 0.717) is 19.0 Å². The van der Waals surface area contributed by atoms with Gasteiger partial charge in [0.05, 0.1) is 0 Å². The summed E-state index contributed by atoms with van der Waals surface area (Å²) in [6, 6.07) is -0.0935. The van der Waals surface area contributed by atoms with Gasteiger partial charge in [-0.1, -0.05) is 6.92 Å². The average molecular weight is 244 g/mol. The maximum atomic E-state index is 11.3. The Labute approximate surface area is 91.4 Å². The predicted octanol–water partition coefficient (Wildman–Crippen LogP) is -0.411. The summed E-state index contributed by atoms with van der Waals surface area (Å²) >= 11 is 0. The van der Waals surface area contributed by atoms with Crippen molar-refractivity contribution in [2.75, 3.05) is 13.1 Å². The maximum Gasteiger partial charge on any atom is 0.277 e. The van der Waals surface area contributed by atoms with Crippen LogP contribution in [-0.4, -0.2) is 27.5 Å². The van der Waals surface area contributed by atoms with Crippen molar-refractivity contribution in [1.82, 2.24) is 9.44 Å². The molecular formula is C7H18ClN3O2S. The molecule has 1 aliphatic carbocycles. The second kappa shape index (κ2) is 5.87. The van der Waals surface area contributed by atoms with Gasteiger partial charge >= 0.3 is 0 Å². The molecule has 0 spiro atoms. The van der Waals surface area contributed by atoms with Crippen LogP contribution in [0.15, 0.2) is 0 Å². The minimum Gasteiger partial charge on any atom is -0.329 e. The van der Waals surface area contributed by atoms with Crippen LogP contribution < -0.4 is 15.2 Å². The highest BCUT2D eigenvalue weighted by Crippen LogP contribution is 2.32. The van der Waals surface area contributed by atoms with Gasteiger partial charge in [0.15, 0.2) is 0 Å². The third kappa shape index (κ3) is 4.56. The lowest BCUT2D eigenvalue weighted by atomic mass is 10.2. The molecule has 4 N–H and O–H groups in total. The molecule has 0 heterocycles. The SMILES string of the molecule is CCNS(=O)(=O)NC(CN)C1CC1.Cl. The van der Waals surface area contributed by atoms with Crippen LogP contribution in [0.2, 0.25) is 0 Å². The Hall–Kier alpha value is 0.120. The monoisotopic (exact) mass is 243 g/mol. The Morgan fingerprint density at radius 1 is 1.50 bits per heavy atom. The first-order valence-corrected chi connectivity index (χ1v) is 6.04. The molecule has 0 aliphatic heterocycles. The zero-order valence-electron chi connectivity index (χ0n) is 8.19. The van der Waals surface area contributed by atoms with E-state index < -0.39 is 10.2 Å². The van der Waals surface area contributed by atoms with E-state index in [1.165, 1.54) is 0 Å². The third-order valence-electron chi connectivity index (χ3n) is 2.09. The van der Waals surface area contributed by atoms with Crippen molar-refractivity contribution < 1.29 is 8.42 Å². The zero-order chi connectivity index (χ0) is 9.90. The van der Waals surface area contributed by atoms with Gasteiger partial charge in [-0.05, 0) is 18.8 Å². The van der Waals surface area contributed by atoms with Crippen LogP contribution in [0.3, 0.4) is 0 Å². The average Bonchev–Trinajstić information content (AvgIpc) is 2.82. The van der Waals surface area contributed by atoms with Crippen molar-refractivity contribution in [3.05, 3.63) is 0 Å². The quantitative estimate of drug-likeness (QED) is 0.593. The zero-order valence-corrected chi connectivity index (χ0v) is 9.83. The van der Waals surface area contributed by atoms with Crippen molar-refractivity contribution in [3.63, 3.8) is 0 Å². The van der Waals surface area contributed by atoms with E-state index in [0.717, 1.165) is 12.8 Å². The highest BCUT2D eigenvalue weighted by molar-refractivity contribution is 7.87. The molecule has 5 nitrogen and oxygen atoms in total. The highest BCUT2D eigenvalue weighted by atomic mass is 35.5. The lowest BCUT2D eigenvalue weighted by Gasteiger charge is -2.15. The molecule has 1 fully saturated rings. The molecule has 0 amide bonds. The van der Waals surface area contributed by atoms with Crippen LogP contribution in [0.4, 0.5) is 0 Å². The first-order chi connectivity index (χ1) is 6.09. The molecule has 86 valence electrons. The molecule has 1 aliphatic rings. The van der Waals surface area contributed by atoms with Crippen LogP contribution in [0.5, 0.6) is 0 Å². The number of halogens is 1. The molecule has 0 aromatic carbocycles. The summed E-state index contributed by atoms with van der Waals surface area (Å²) in [5, 5.41) is 0. The third-order valence-corrected chi connectivity index (χ3v) is 3.37. The molecule has 1 unspecified atom stereocenters. The van der Waals surface area contributed by atoms with E-state index >= 15 is 0 Å². The molecule has 1 rings (SSSR count). The van der Waals surface area contributed by atoms with Gasteiger partial charge < -0.3 is 5.73 Å². The Balaban J connectivity index is 0.00000169. The Morgan fingerprint density at radius 2 is 2.07 bits per heavy atom. The second-order valence-electron chi connectivity index (χ2n) is 3.30. The number of nitrogens with one attached hydrogen (secondary N) is 2. The van der Waals surface area contributed by atoms with Gasteiger partial charge in [-0.2, -0.15) is 13.1 Å². The van der Waals surface area contributed by atoms with Gasteiger partial charge in [-0.15, -0.1) is 12.4 Å². The van der Waals surface area contributed by atoms with Crippen LogP contribution in [0, 0.1) is 5.92 Å². The predicted molar refractivity (Wildman–Crippen MR) is 58.5 cm³/mol. The molecule has 0 bridgehead atoms. The van der Waals surface area contributed by atoms with E-state index in [1.807, 2.05) is 0 Å². The first-order valence-electron chi connectivity index (χ1n) is 4.56. The smallest absolute Gasteiger partial charge is 0.277 e. The summed E-state index contributed by atoms with van der Waals surface area (Å²) in [5.41, 5.74) is 5.46. The van der Waals surface area contributed by atoms with Gasteiger partial charge in [0, 0.05) is 19.1 Å². The minimum atomic E-state index is -3.33. The van der Waals surface area contributed by atoms with Crippen LogP contribution in [0.25, 0.3) is 0 Å². The molecule has 0 radical (unpaired) electrons. The van der Waals surface area contributed by atoms with Crippen molar-refractivity contribution in [3.8, 4) is 0 Å². The summed E-state index contributed by atoms with van der Waals surface area (Å²) < 4.78 is 27.4. The van der Waals surface area contributed by atoms with Crippen molar-refractivity contribution in [2.45, 2.75) is 25.8 Å². The number of rotatable bonds is 6. The van der Waals surface area contributed by atoms with Gasteiger partial charge in [0.1, 0.15) is 0 Å². The van der Waals surface area contributed by atoms with Gasteiger partial charge in [0.2, 0.25) is 0 Å². The van der Waals surface area contributed by atoms with E-state index in [-0.39, 0.29) is 18.4 Å². The van der Waals surface area contributed by atoms with E-state index in [4.69, 9.17) is 5.73 Å². The van der Waals surface area contributed by atoms with E-state index in [2.05, 4.69) is 9.44 Å². The van der Waals surface area contributed by atoms with Gasteiger partial charge in [-0.3, -0.25) is 0 Å². The molecule has 7 heteroatoms. The molecule has 0 aromatic rings. The Morgan fingerprint density at radius 3 is 2.43 bits per heavy atom. The second-order valence-corrected chi connectivity index (χ2v) is 4.83. The normalized spacial score (nSPS) is 18.7. The topological polar surface area (TPSA) is 84.2 Å². The van der Waals surface area contributed by atoms with E-state index in [9.17, 15) is 8.42 Å². The lowest BCUT2D eigenvalue weighted by molar-refractivity contribution is 0.511. The number of hydrogen-bond acceptors (Lipinski definition) is 3. The minimum absolute atomic E-state index is 0. The summed E-state index contributed by atoms with van der Waals surface area (Å²) in [6.07, 6.45) is 2.16. The Kier molecular flexibility index (Phi) is 5.92. The van der Waals surface area contributed by atoms with Crippen LogP contribution in [0.1, 0.15) is 19.8 Å². The molecule has 0 saturated heterocycles. The summed E-state index contributed by atoms with van der Waals surface area (Å²) in [4.78, 5) is 0. The maximum absolute atomic E-state index is 11.3. The van der Waals surface area contributed by atoms with E-state index in [1.54, 1.807) is 6.92 Å². The molecular weight excluding hydrogens is 226 g/mol. The molecule has 1 saturated carbocycles. The summed E-state index contributed by atoms with van der Waals surface area (Å²) in [7, 11) is -3.33. The number of hydrogen-bond donors (Lipinski definition) is 3. The van der Waals surface area contributed by atoms with Crippen molar-refractivity contribution >= 4 is 22.6 Å². The fraction of sp³-hybridized carbons (Fsp3) is 1.00. The van der Waals surface area contributed by atoms with Gasteiger partial charge in [0.25, 0.3) is 10.2 Å². The highest BCUT2D eigenvalue weighted by Gasteiger charge is 2.32. The molecule has 0 aromatic heterocycles. The largest absolute Gasteiger partial charge is 0.329 e. The van der Waals surface area contributed by atoms with Crippen LogP contribution in [-0.2, 0) is 10.2 Å². The fourth-order valence-corrected chi connectivity index (χ4v) is 2.42. The lowest BCUT2D eigenvalue weighted by Crippen LogP contribution is -2.46. The van der Waals surface area contributed by atoms with Crippen molar-refractivity contribution in [1.29, 1.82) is 0 Å². The molecule has 14 heavy (non-hydrogen) atoms. The fourth-order valence-electron chi connectivity index (χ4n) is 1.27. The first kappa shape index (κ1) is 14.1. The number of nitrogens with two attached hydrogens (primary N) is 1. The van der Waals surface area contributed by atoms with Gasteiger partial charge in [-0.25, -0.2) is 4.72 Å². The standard InChI is InChI=1S/C7H17N3O2S.ClH/c1-2-9-13(11,12)10-7(5-8)6-3-4-6;/h6-7,9-10H,2-5,8H2,1H3;1H.